The lowest BCUT2D eigenvalue weighted by Crippen LogP contribution is -1.85. The molecule has 1 aromatic heterocycles. The van der Waals surface area contributed by atoms with Crippen LogP contribution in [-0.4, -0.2) is 4.98 Å². The van der Waals surface area contributed by atoms with E-state index in [0.29, 0.717) is 5.92 Å². The van der Waals surface area contributed by atoms with Crippen molar-refractivity contribution >= 4 is 26.8 Å². The summed E-state index contributed by atoms with van der Waals surface area (Å²) >= 11 is 3.61. The fourth-order valence-corrected chi connectivity index (χ4v) is 2.83. The van der Waals surface area contributed by atoms with E-state index in [1.807, 2.05) is 6.07 Å². The van der Waals surface area contributed by atoms with Gasteiger partial charge in [0.15, 0.2) is 0 Å². The average Bonchev–Trinajstić information content (AvgIpc) is 2.81. The minimum absolute atomic E-state index is 0.561. The second-order valence-electron chi connectivity index (χ2n) is 5.16. The highest BCUT2D eigenvalue weighted by Gasteiger charge is 2.07. The van der Waals surface area contributed by atoms with Crippen LogP contribution in [0.4, 0.5) is 0 Å². The first-order valence-corrected chi connectivity index (χ1v) is 7.32. The number of hydrogen-bond acceptors (Lipinski definition) is 0. The van der Waals surface area contributed by atoms with Crippen molar-refractivity contribution < 1.29 is 0 Å². The number of fused-ring (bicyclic) bond motifs is 1. The van der Waals surface area contributed by atoms with Gasteiger partial charge in [-0.25, -0.2) is 0 Å². The molecule has 2 aromatic carbocycles. The van der Waals surface area contributed by atoms with Gasteiger partial charge in [-0.15, -0.1) is 0 Å². The van der Waals surface area contributed by atoms with E-state index in [0.717, 1.165) is 10.2 Å². The molecular weight excluding hydrogens is 298 g/mol. The van der Waals surface area contributed by atoms with E-state index < -0.39 is 0 Å². The second kappa shape index (κ2) is 4.86. The van der Waals surface area contributed by atoms with Gasteiger partial charge in [0.05, 0.1) is 0 Å². The molecule has 3 rings (SSSR count). The number of H-pyrrole nitrogens is 1. The van der Waals surface area contributed by atoms with E-state index in [1.165, 1.54) is 22.0 Å². The Morgan fingerprint density at radius 1 is 1.00 bits per heavy atom. The number of hydrogen-bond donors (Lipinski definition) is 1. The molecule has 1 N–H and O–H groups in total. The number of aromatic nitrogens is 1. The Balaban J connectivity index is 2.14. The summed E-state index contributed by atoms with van der Waals surface area (Å²) in [6, 6.07) is 17.2. The molecule has 0 spiro atoms. The Hall–Kier alpha value is -1.54. The normalized spacial score (nSPS) is 11.4. The molecule has 0 radical (unpaired) electrons. The molecule has 0 fully saturated rings. The van der Waals surface area contributed by atoms with Crippen LogP contribution in [0.3, 0.4) is 0 Å². The third kappa shape index (κ3) is 2.33. The molecule has 3 aromatic rings. The first kappa shape index (κ1) is 12.5. The largest absolute Gasteiger partial charge is 0.354 e. The molecule has 0 bridgehead atoms. The van der Waals surface area contributed by atoms with Crippen molar-refractivity contribution in [1.82, 2.24) is 4.98 Å². The zero-order valence-electron chi connectivity index (χ0n) is 11.1. The lowest BCUT2D eigenvalue weighted by molar-refractivity contribution is 0.869. The molecule has 0 aliphatic heterocycles. The molecule has 1 nitrogen and oxygen atoms in total. The van der Waals surface area contributed by atoms with Crippen molar-refractivity contribution in [3.05, 3.63) is 58.6 Å². The van der Waals surface area contributed by atoms with Crippen LogP contribution in [0.5, 0.6) is 0 Å². The van der Waals surface area contributed by atoms with E-state index in [1.54, 1.807) is 0 Å². The van der Waals surface area contributed by atoms with Crippen molar-refractivity contribution in [2.45, 2.75) is 19.8 Å². The summed E-state index contributed by atoms with van der Waals surface area (Å²) in [5.41, 5.74) is 4.92. The number of aromatic amines is 1. The van der Waals surface area contributed by atoms with Gasteiger partial charge in [-0.05, 0) is 35.7 Å². The fourth-order valence-electron chi connectivity index (χ4n) is 2.33. The molecule has 0 aliphatic carbocycles. The second-order valence-corrected chi connectivity index (χ2v) is 6.02. The molecule has 0 unspecified atom stereocenters. The highest BCUT2D eigenvalue weighted by molar-refractivity contribution is 9.10. The monoisotopic (exact) mass is 313 g/mol. The maximum atomic E-state index is 3.61. The van der Waals surface area contributed by atoms with Gasteiger partial charge in [0.25, 0.3) is 0 Å². The van der Waals surface area contributed by atoms with Gasteiger partial charge >= 0.3 is 0 Å². The minimum Gasteiger partial charge on any atom is -0.354 e. The van der Waals surface area contributed by atoms with Crippen LogP contribution in [0.2, 0.25) is 0 Å². The number of benzene rings is 2. The molecule has 1 heterocycles. The van der Waals surface area contributed by atoms with E-state index in [-0.39, 0.29) is 0 Å². The molecular formula is C17H16BrN. The summed E-state index contributed by atoms with van der Waals surface area (Å²) in [5.74, 6) is 0.561. The van der Waals surface area contributed by atoms with Gasteiger partial charge in [-0.3, -0.25) is 0 Å². The molecule has 0 atom stereocenters. The maximum absolute atomic E-state index is 3.61. The van der Waals surface area contributed by atoms with Crippen molar-refractivity contribution in [3.63, 3.8) is 0 Å². The zero-order valence-corrected chi connectivity index (χ0v) is 12.7. The summed E-state index contributed by atoms with van der Waals surface area (Å²) in [4.78, 5) is 3.49. The molecule has 2 heteroatoms. The Labute approximate surface area is 121 Å². The SMILES string of the molecule is CC(C)c1ccc2[nH]c(-c3ccccc3Br)cc2c1. The zero-order chi connectivity index (χ0) is 13.4. The van der Waals surface area contributed by atoms with E-state index >= 15 is 0 Å². The third-order valence-corrected chi connectivity index (χ3v) is 4.17. The van der Waals surface area contributed by atoms with Crippen molar-refractivity contribution in [3.8, 4) is 11.3 Å². The standard InChI is InChI=1S/C17H16BrN/c1-11(2)12-7-8-16-13(9-12)10-17(19-16)14-5-3-4-6-15(14)18/h3-11,19H,1-2H3. The number of rotatable bonds is 2. The number of halogens is 1. The van der Waals surface area contributed by atoms with Gasteiger partial charge in [0, 0.05) is 26.6 Å². The van der Waals surface area contributed by atoms with Crippen molar-refractivity contribution in [1.29, 1.82) is 0 Å². The minimum atomic E-state index is 0.561. The van der Waals surface area contributed by atoms with Gasteiger partial charge in [0.1, 0.15) is 0 Å². The lowest BCUT2D eigenvalue weighted by atomic mass is 10.0. The third-order valence-electron chi connectivity index (χ3n) is 3.48. The topological polar surface area (TPSA) is 15.8 Å². The molecule has 0 saturated heterocycles. The smallest absolute Gasteiger partial charge is 0.0476 e. The first-order valence-electron chi connectivity index (χ1n) is 6.53. The summed E-state index contributed by atoms with van der Waals surface area (Å²) in [5, 5.41) is 1.27. The van der Waals surface area contributed by atoms with E-state index in [9.17, 15) is 0 Å². The molecule has 0 amide bonds. The summed E-state index contributed by atoms with van der Waals surface area (Å²) < 4.78 is 1.12. The van der Waals surface area contributed by atoms with E-state index in [4.69, 9.17) is 0 Å². The van der Waals surface area contributed by atoms with Gasteiger partial charge < -0.3 is 4.98 Å². The predicted octanol–water partition coefficient (Wildman–Crippen LogP) is 5.72. The number of nitrogens with one attached hydrogen (secondary N) is 1. The van der Waals surface area contributed by atoms with E-state index in [2.05, 4.69) is 77.2 Å². The lowest BCUT2D eigenvalue weighted by Gasteiger charge is -2.03. The summed E-state index contributed by atoms with van der Waals surface area (Å²) in [7, 11) is 0. The van der Waals surface area contributed by atoms with Crippen LogP contribution in [0, 0.1) is 0 Å². The first-order chi connectivity index (χ1) is 9.15. The molecule has 0 saturated carbocycles. The van der Waals surface area contributed by atoms with Crippen LogP contribution in [-0.2, 0) is 0 Å². The van der Waals surface area contributed by atoms with Gasteiger partial charge in [-0.1, -0.05) is 54.0 Å². The van der Waals surface area contributed by atoms with Crippen LogP contribution >= 0.6 is 15.9 Å². The van der Waals surface area contributed by atoms with Gasteiger partial charge in [-0.2, -0.15) is 0 Å². The van der Waals surface area contributed by atoms with Crippen LogP contribution in [0.15, 0.2) is 53.0 Å². The quantitative estimate of drug-likeness (QED) is 0.622. The summed E-state index contributed by atoms with van der Waals surface area (Å²) in [6.45, 7) is 4.45. The Morgan fingerprint density at radius 2 is 1.79 bits per heavy atom. The van der Waals surface area contributed by atoms with Crippen molar-refractivity contribution in [2.75, 3.05) is 0 Å². The highest BCUT2D eigenvalue weighted by atomic mass is 79.9. The maximum Gasteiger partial charge on any atom is 0.0476 e. The Bertz CT molecular complexity index is 725. The average molecular weight is 314 g/mol. The molecule has 96 valence electrons. The predicted molar refractivity (Wildman–Crippen MR) is 85.5 cm³/mol. The Kier molecular flexibility index (Phi) is 3.19. The fraction of sp³-hybridized carbons (Fsp3) is 0.176. The Morgan fingerprint density at radius 3 is 2.53 bits per heavy atom. The molecule has 0 aliphatic rings. The molecule has 19 heavy (non-hydrogen) atoms. The van der Waals surface area contributed by atoms with Crippen LogP contribution in [0.25, 0.3) is 22.2 Å². The highest BCUT2D eigenvalue weighted by Crippen LogP contribution is 2.31. The van der Waals surface area contributed by atoms with Gasteiger partial charge in [0.2, 0.25) is 0 Å². The summed E-state index contributed by atoms with van der Waals surface area (Å²) in [6.07, 6.45) is 0. The van der Waals surface area contributed by atoms with Crippen LogP contribution < -0.4 is 0 Å². The van der Waals surface area contributed by atoms with Crippen molar-refractivity contribution in [2.24, 2.45) is 0 Å². The van der Waals surface area contributed by atoms with Crippen LogP contribution in [0.1, 0.15) is 25.3 Å².